The van der Waals surface area contributed by atoms with Gasteiger partial charge in [-0.3, -0.25) is 0 Å². The van der Waals surface area contributed by atoms with Crippen molar-refractivity contribution in [2.45, 2.75) is 13.5 Å². The van der Waals surface area contributed by atoms with Crippen LogP contribution in [0.15, 0.2) is 41.8 Å². The van der Waals surface area contributed by atoms with Crippen LogP contribution in [0.3, 0.4) is 0 Å². The van der Waals surface area contributed by atoms with Gasteiger partial charge in [0.05, 0.1) is 0 Å². The Balaban J connectivity index is 1.52. The second-order valence-corrected chi connectivity index (χ2v) is 7.17. The Hall–Kier alpha value is -2.51. The molecule has 0 aliphatic heterocycles. The molecule has 0 N–H and O–H groups in total. The maximum atomic E-state index is 5.79. The third-order valence-electron chi connectivity index (χ3n) is 3.36. The largest absolute Gasteiger partial charge is 0.486 e. The molecule has 0 fully saturated rings. The molecule has 5 nitrogen and oxygen atoms in total. The van der Waals surface area contributed by atoms with Crippen LogP contribution in [0.1, 0.15) is 21.3 Å². The van der Waals surface area contributed by atoms with Crippen molar-refractivity contribution in [2.24, 2.45) is 0 Å². The fourth-order valence-corrected chi connectivity index (χ4v) is 3.60. The van der Waals surface area contributed by atoms with Crippen molar-refractivity contribution in [1.29, 1.82) is 0 Å². The van der Waals surface area contributed by atoms with Crippen LogP contribution in [0.4, 0.5) is 0 Å². The van der Waals surface area contributed by atoms with E-state index in [1.54, 1.807) is 15.9 Å². The first-order valence-electron chi connectivity index (χ1n) is 7.40. The van der Waals surface area contributed by atoms with Crippen LogP contribution in [-0.4, -0.2) is 19.8 Å². The normalized spacial score (nSPS) is 11.5. The van der Waals surface area contributed by atoms with Gasteiger partial charge in [0.15, 0.2) is 5.82 Å². The van der Waals surface area contributed by atoms with Crippen molar-refractivity contribution in [3.05, 3.63) is 63.1 Å². The van der Waals surface area contributed by atoms with Crippen LogP contribution in [0.2, 0.25) is 0 Å². The highest BCUT2D eigenvalue weighted by molar-refractivity contribution is 7.17. The van der Waals surface area contributed by atoms with E-state index in [1.165, 1.54) is 16.2 Å². The average molecular weight is 354 g/mol. The summed E-state index contributed by atoms with van der Waals surface area (Å²) in [4.78, 5) is 1.97. The van der Waals surface area contributed by atoms with Gasteiger partial charge >= 0.3 is 0 Å². The van der Waals surface area contributed by atoms with E-state index in [0.717, 1.165) is 21.3 Å². The van der Waals surface area contributed by atoms with Crippen molar-refractivity contribution in [3.63, 3.8) is 0 Å². The number of thiophene rings is 1. The van der Waals surface area contributed by atoms with Crippen molar-refractivity contribution in [3.8, 4) is 5.75 Å². The number of hydrogen-bond donors (Lipinski definition) is 0. The lowest BCUT2D eigenvalue weighted by atomic mass is 10.2. The molecule has 3 aromatic heterocycles. The molecule has 120 valence electrons. The second kappa shape index (κ2) is 6.54. The van der Waals surface area contributed by atoms with Crippen LogP contribution in [0, 0.1) is 6.92 Å². The third-order valence-corrected chi connectivity index (χ3v) is 5.06. The van der Waals surface area contributed by atoms with Crippen LogP contribution in [-0.2, 0) is 6.61 Å². The first-order valence-corrected chi connectivity index (χ1v) is 9.10. The maximum absolute atomic E-state index is 5.79. The van der Waals surface area contributed by atoms with E-state index in [9.17, 15) is 0 Å². The van der Waals surface area contributed by atoms with Crippen LogP contribution in [0.5, 0.6) is 5.75 Å². The fourth-order valence-electron chi connectivity index (χ4n) is 2.22. The molecule has 7 heteroatoms. The van der Waals surface area contributed by atoms with Gasteiger partial charge in [-0.15, -0.1) is 21.5 Å². The molecule has 1 aromatic carbocycles. The molecular weight excluding hydrogens is 340 g/mol. The van der Waals surface area contributed by atoms with Gasteiger partial charge in [-0.05, 0) is 48.2 Å². The van der Waals surface area contributed by atoms with Gasteiger partial charge in [-0.25, -0.2) is 0 Å². The third kappa shape index (κ3) is 3.22. The minimum Gasteiger partial charge on any atom is -0.486 e. The zero-order valence-corrected chi connectivity index (χ0v) is 14.5. The quantitative estimate of drug-likeness (QED) is 0.536. The van der Waals surface area contributed by atoms with E-state index in [2.05, 4.69) is 32.8 Å². The van der Waals surface area contributed by atoms with Crippen LogP contribution >= 0.6 is 22.7 Å². The van der Waals surface area contributed by atoms with Gasteiger partial charge in [-0.1, -0.05) is 29.5 Å². The number of rotatable bonds is 5. The van der Waals surface area contributed by atoms with Crippen LogP contribution < -0.4 is 4.74 Å². The molecule has 24 heavy (non-hydrogen) atoms. The fraction of sp³-hybridized carbons (Fsp3) is 0.118. The number of fused-ring (bicyclic) bond motifs is 1. The molecule has 0 saturated carbocycles. The number of aromatic nitrogens is 4. The molecule has 0 amide bonds. The molecule has 0 bridgehead atoms. The van der Waals surface area contributed by atoms with Crippen molar-refractivity contribution in [2.75, 3.05) is 0 Å². The summed E-state index contributed by atoms with van der Waals surface area (Å²) in [6.45, 7) is 2.37. The Kier molecular flexibility index (Phi) is 4.10. The summed E-state index contributed by atoms with van der Waals surface area (Å²) in [5, 5.41) is 15.8. The predicted octanol–water partition coefficient (Wildman–Crippen LogP) is 4.31. The van der Waals surface area contributed by atoms with Crippen LogP contribution in [0.25, 0.3) is 17.1 Å². The van der Waals surface area contributed by atoms with Crippen molar-refractivity contribution < 1.29 is 4.74 Å². The van der Waals surface area contributed by atoms with Crippen molar-refractivity contribution in [1.82, 2.24) is 19.8 Å². The molecule has 0 spiro atoms. The monoisotopic (exact) mass is 354 g/mol. The molecule has 4 rings (SSSR count). The highest BCUT2D eigenvalue weighted by Gasteiger charge is 2.11. The predicted molar refractivity (Wildman–Crippen MR) is 97.4 cm³/mol. The topological polar surface area (TPSA) is 52.3 Å². The molecule has 0 atom stereocenters. The summed E-state index contributed by atoms with van der Waals surface area (Å²) in [7, 11) is 0. The van der Waals surface area contributed by atoms with Crippen molar-refractivity contribution >= 4 is 39.8 Å². The summed E-state index contributed by atoms with van der Waals surface area (Å²) in [5.41, 5.74) is 1.16. The van der Waals surface area contributed by atoms with E-state index in [0.29, 0.717) is 12.4 Å². The van der Waals surface area contributed by atoms with E-state index in [1.807, 2.05) is 43.3 Å². The van der Waals surface area contributed by atoms with Gasteiger partial charge < -0.3 is 4.74 Å². The lowest BCUT2D eigenvalue weighted by Gasteiger charge is -2.04. The van der Waals surface area contributed by atoms with Gasteiger partial charge in [0.25, 0.3) is 0 Å². The Labute approximate surface area is 146 Å². The summed E-state index contributed by atoms with van der Waals surface area (Å²) < 4.78 is 7.54. The smallest absolute Gasteiger partial charge is 0.235 e. The van der Waals surface area contributed by atoms with E-state index < -0.39 is 0 Å². The summed E-state index contributed by atoms with van der Waals surface area (Å²) >= 11 is 3.20. The number of benzene rings is 1. The summed E-state index contributed by atoms with van der Waals surface area (Å²) in [6, 6.07) is 12.0. The molecule has 0 aliphatic carbocycles. The minimum absolute atomic E-state index is 0.336. The first kappa shape index (κ1) is 15.0. The molecule has 3 heterocycles. The maximum Gasteiger partial charge on any atom is 0.235 e. The number of aryl methyl sites for hydroxylation is 1. The molecule has 0 saturated heterocycles. The summed E-state index contributed by atoms with van der Waals surface area (Å²) in [6.07, 6.45) is 4.05. The van der Waals surface area contributed by atoms with Gasteiger partial charge in [0.2, 0.25) is 4.96 Å². The van der Waals surface area contributed by atoms with Gasteiger partial charge in [-0.2, -0.15) is 9.61 Å². The first-order chi connectivity index (χ1) is 11.8. The Morgan fingerprint density at radius 2 is 2.12 bits per heavy atom. The number of hydrogen-bond acceptors (Lipinski definition) is 6. The number of ether oxygens (including phenoxy) is 1. The molecule has 0 radical (unpaired) electrons. The highest BCUT2D eigenvalue weighted by Crippen LogP contribution is 2.19. The van der Waals surface area contributed by atoms with Gasteiger partial charge in [0, 0.05) is 4.88 Å². The Morgan fingerprint density at radius 3 is 2.96 bits per heavy atom. The molecule has 0 aliphatic rings. The zero-order chi connectivity index (χ0) is 16.4. The average Bonchev–Trinajstić information content (AvgIpc) is 3.29. The lowest BCUT2D eigenvalue weighted by Crippen LogP contribution is -2.02. The molecule has 4 aromatic rings. The van der Waals surface area contributed by atoms with Gasteiger partial charge in [0.1, 0.15) is 17.4 Å². The second-order valence-electron chi connectivity index (χ2n) is 5.20. The minimum atomic E-state index is 0.336. The highest BCUT2D eigenvalue weighted by atomic mass is 32.1. The zero-order valence-electron chi connectivity index (χ0n) is 12.9. The Morgan fingerprint density at radius 1 is 1.17 bits per heavy atom. The SMILES string of the molecule is Cc1cccc(OCc2nnc3sc(/C=C/c4cccs4)nn23)c1. The standard InChI is InChI=1S/C17H14N4OS2/c1-12-4-2-5-13(10-12)22-11-15-18-19-17-21(15)20-16(24-17)8-7-14-6-3-9-23-14/h2-10H,11H2,1H3/b8-7+. The lowest BCUT2D eigenvalue weighted by molar-refractivity contribution is 0.292. The van der Waals surface area contributed by atoms with E-state index in [-0.39, 0.29) is 0 Å². The van der Waals surface area contributed by atoms with E-state index >= 15 is 0 Å². The molecule has 0 unspecified atom stereocenters. The summed E-state index contributed by atoms with van der Waals surface area (Å²) in [5.74, 6) is 1.51. The number of nitrogens with zero attached hydrogens (tertiary/aromatic N) is 4. The Bertz CT molecular complexity index is 985. The van der Waals surface area contributed by atoms with E-state index in [4.69, 9.17) is 4.74 Å². The molecular formula is C17H14N4OS2.